The molecule has 0 atom stereocenters. The predicted molar refractivity (Wildman–Crippen MR) is 69.2 cm³/mol. The number of nitrogens with two attached hydrogens (primary N) is 1. The highest BCUT2D eigenvalue weighted by Crippen LogP contribution is 2.17. The van der Waals surface area contributed by atoms with Gasteiger partial charge in [-0.3, -0.25) is 4.79 Å². The molecule has 1 amide bonds. The first-order valence-electron chi connectivity index (χ1n) is 6.06. The molecule has 0 aliphatic heterocycles. The molecule has 7 heteroatoms. The van der Waals surface area contributed by atoms with Gasteiger partial charge in [-0.15, -0.1) is 0 Å². The molecule has 0 aliphatic carbocycles. The summed E-state index contributed by atoms with van der Waals surface area (Å²) in [5.74, 6) is -0.399. The summed E-state index contributed by atoms with van der Waals surface area (Å²) in [7, 11) is 0. The van der Waals surface area contributed by atoms with E-state index in [-0.39, 0.29) is 13.0 Å². The minimum absolute atomic E-state index is 0.137. The van der Waals surface area contributed by atoms with Crippen LogP contribution < -0.4 is 11.1 Å². The fraction of sp³-hybridized carbons (Fsp3) is 0.462. The maximum Gasteiger partial charge on any atom is 0.411 e. The molecule has 1 aromatic carbocycles. The molecule has 0 aliphatic rings. The molecular formula is C13H17F3N2O2. The molecular weight excluding hydrogens is 273 g/mol. The van der Waals surface area contributed by atoms with E-state index in [0.29, 0.717) is 12.2 Å². The topological polar surface area (TPSA) is 64.3 Å². The lowest BCUT2D eigenvalue weighted by Gasteiger charge is -2.11. The molecule has 0 aromatic heterocycles. The number of alkyl halides is 3. The van der Waals surface area contributed by atoms with Crippen LogP contribution in [0.4, 0.5) is 18.9 Å². The number of amides is 1. The van der Waals surface area contributed by atoms with Crippen molar-refractivity contribution in [3.63, 3.8) is 0 Å². The van der Waals surface area contributed by atoms with E-state index in [9.17, 15) is 18.0 Å². The number of nitrogens with one attached hydrogen (secondary N) is 1. The molecule has 3 N–H and O–H groups in total. The number of hydrogen-bond acceptors (Lipinski definition) is 3. The monoisotopic (exact) mass is 290 g/mol. The molecule has 0 unspecified atom stereocenters. The SMILES string of the molecule is Cc1ccc(CN)cc1NC(=O)CCOCC(F)(F)F. The smallest absolute Gasteiger partial charge is 0.372 e. The number of halogens is 3. The van der Waals surface area contributed by atoms with Crippen molar-refractivity contribution in [2.24, 2.45) is 5.73 Å². The number of aryl methyl sites for hydroxylation is 1. The minimum atomic E-state index is -4.37. The summed E-state index contributed by atoms with van der Waals surface area (Å²) in [5, 5.41) is 2.63. The first-order valence-corrected chi connectivity index (χ1v) is 6.06. The predicted octanol–water partition coefficient (Wildman–Crippen LogP) is 2.36. The highest BCUT2D eigenvalue weighted by atomic mass is 19.4. The van der Waals surface area contributed by atoms with Gasteiger partial charge < -0.3 is 15.8 Å². The molecule has 20 heavy (non-hydrogen) atoms. The van der Waals surface area contributed by atoms with Gasteiger partial charge in [0.25, 0.3) is 0 Å². The van der Waals surface area contributed by atoms with E-state index in [1.165, 1.54) is 0 Å². The fourth-order valence-corrected chi connectivity index (χ4v) is 1.50. The van der Waals surface area contributed by atoms with Gasteiger partial charge in [0.15, 0.2) is 0 Å². The number of hydrogen-bond donors (Lipinski definition) is 2. The Bertz CT molecular complexity index is 461. The lowest BCUT2D eigenvalue weighted by Crippen LogP contribution is -2.20. The number of anilines is 1. The molecule has 112 valence electrons. The van der Waals surface area contributed by atoms with E-state index < -0.39 is 18.7 Å². The Morgan fingerprint density at radius 2 is 2.10 bits per heavy atom. The van der Waals surface area contributed by atoms with Crippen LogP contribution in [-0.4, -0.2) is 25.3 Å². The van der Waals surface area contributed by atoms with Gasteiger partial charge in [0.2, 0.25) is 5.91 Å². The Kier molecular flexibility index (Phi) is 5.97. The van der Waals surface area contributed by atoms with Crippen molar-refractivity contribution in [1.82, 2.24) is 0 Å². The third-order valence-corrected chi connectivity index (χ3v) is 2.55. The summed E-state index contributed by atoms with van der Waals surface area (Å²) in [4.78, 5) is 11.6. The van der Waals surface area contributed by atoms with Gasteiger partial charge in [-0.05, 0) is 24.1 Å². The third-order valence-electron chi connectivity index (χ3n) is 2.55. The Morgan fingerprint density at radius 1 is 1.40 bits per heavy atom. The van der Waals surface area contributed by atoms with Crippen molar-refractivity contribution in [3.8, 4) is 0 Å². The van der Waals surface area contributed by atoms with Crippen molar-refractivity contribution in [1.29, 1.82) is 0 Å². The Morgan fingerprint density at radius 3 is 2.70 bits per heavy atom. The lowest BCUT2D eigenvalue weighted by molar-refractivity contribution is -0.174. The van der Waals surface area contributed by atoms with E-state index in [2.05, 4.69) is 10.1 Å². The molecule has 0 heterocycles. The first kappa shape index (κ1) is 16.5. The van der Waals surface area contributed by atoms with E-state index >= 15 is 0 Å². The van der Waals surface area contributed by atoms with E-state index in [4.69, 9.17) is 5.73 Å². The second kappa shape index (κ2) is 7.25. The van der Waals surface area contributed by atoms with Crippen molar-refractivity contribution in [2.75, 3.05) is 18.5 Å². The maximum absolute atomic E-state index is 11.8. The van der Waals surface area contributed by atoms with Crippen LogP contribution in [0, 0.1) is 6.92 Å². The number of carbonyl (C=O) groups is 1. The molecule has 0 saturated heterocycles. The van der Waals surface area contributed by atoms with Crippen LogP contribution in [0.1, 0.15) is 17.5 Å². The molecule has 0 spiro atoms. The average Bonchev–Trinajstić information content (AvgIpc) is 2.36. The van der Waals surface area contributed by atoms with Crippen LogP contribution in [0.2, 0.25) is 0 Å². The van der Waals surface area contributed by atoms with Crippen molar-refractivity contribution in [3.05, 3.63) is 29.3 Å². The molecule has 1 aromatic rings. The summed E-state index contributed by atoms with van der Waals surface area (Å²) in [6.45, 7) is 0.539. The van der Waals surface area contributed by atoms with Crippen molar-refractivity contribution >= 4 is 11.6 Å². The zero-order valence-corrected chi connectivity index (χ0v) is 11.1. The summed E-state index contributed by atoms with van der Waals surface area (Å²) in [6.07, 6.45) is -4.51. The van der Waals surface area contributed by atoms with Gasteiger partial charge >= 0.3 is 6.18 Å². The summed E-state index contributed by atoms with van der Waals surface area (Å²) in [6, 6.07) is 5.40. The summed E-state index contributed by atoms with van der Waals surface area (Å²) >= 11 is 0. The van der Waals surface area contributed by atoms with Gasteiger partial charge in [-0.25, -0.2) is 0 Å². The standard InChI is InChI=1S/C13H17F3N2O2/c1-9-2-3-10(7-17)6-11(9)18-12(19)4-5-20-8-13(14,15)16/h2-3,6H,4-5,7-8,17H2,1H3,(H,18,19). The molecule has 0 fully saturated rings. The highest BCUT2D eigenvalue weighted by Gasteiger charge is 2.27. The van der Waals surface area contributed by atoms with Crippen molar-refractivity contribution < 1.29 is 22.7 Å². The minimum Gasteiger partial charge on any atom is -0.372 e. The summed E-state index contributed by atoms with van der Waals surface area (Å²) in [5.41, 5.74) is 7.82. The van der Waals surface area contributed by atoms with Gasteiger partial charge in [-0.1, -0.05) is 12.1 Å². The van der Waals surface area contributed by atoms with Crippen LogP contribution in [0.15, 0.2) is 18.2 Å². The van der Waals surface area contributed by atoms with Crippen LogP contribution in [0.3, 0.4) is 0 Å². The second-order valence-corrected chi connectivity index (χ2v) is 4.32. The quantitative estimate of drug-likeness (QED) is 0.790. The number of benzene rings is 1. The first-order chi connectivity index (χ1) is 9.31. The number of carbonyl (C=O) groups excluding carboxylic acids is 1. The zero-order valence-electron chi connectivity index (χ0n) is 11.1. The van der Waals surface area contributed by atoms with Gasteiger partial charge in [0.05, 0.1) is 13.0 Å². The second-order valence-electron chi connectivity index (χ2n) is 4.32. The normalized spacial score (nSPS) is 11.4. The molecule has 4 nitrogen and oxygen atoms in total. The van der Waals surface area contributed by atoms with Gasteiger partial charge in [0.1, 0.15) is 6.61 Å². The Balaban J connectivity index is 2.42. The highest BCUT2D eigenvalue weighted by molar-refractivity contribution is 5.91. The van der Waals surface area contributed by atoms with Crippen LogP contribution in [0.25, 0.3) is 0 Å². The number of ether oxygens (including phenoxy) is 1. The largest absolute Gasteiger partial charge is 0.411 e. The lowest BCUT2D eigenvalue weighted by atomic mass is 10.1. The van der Waals surface area contributed by atoms with E-state index in [1.807, 2.05) is 19.1 Å². The average molecular weight is 290 g/mol. The van der Waals surface area contributed by atoms with E-state index in [0.717, 1.165) is 11.1 Å². The summed E-state index contributed by atoms with van der Waals surface area (Å²) < 4.78 is 39.9. The fourth-order valence-electron chi connectivity index (χ4n) is 1.50. The van der Waals surface area contributed by atoms with Crippen molar-refractivity contribution in [2.45, 2.75) is 26.1 Å². The maximum atomic E-state index is 11.8. The van der Waals surface area contributed by atoms with Crippen LogP contribution >= 0.6 is 0 Å². The van der Waals surface area contributed by atoms with Crippen LogP contribution in [0.5, 0.6) is 0 Å². The third kappa shape index (κ3) is 6.03. The number of rotatable bonds is 6. The van der Waals surface area contributed by atoms with Crippen LogP contribution in [-0.2, 0) is 16.1 Å². The van der Waals surface area contributed by atoms with Gasteiger partial charge in [0, 0.05) is 12.2 Å². The molecule has 0 saturated carbocycles. The molecule has 1 rings (SSSR count). The van der Waals surface area contributed by atoms with Gasteiger partial charge in [-0.2, -0.15) is 13.2 Å². The molecule has 0 bridgehead atoms. The molecule has 0 radical (unpaired) electrons. The zero-order chi connectivity index (χ0) is 15.2. The van der Waals surface area contributed by atoms with E-state index in [1.54, 1.807) is 6.07 Å². The Hall–Kier alpha value is -1.60. The Labute approximate surface area is 115 Å².